The van der Waals surface area contributed by atoms with Crippen LogP contribution in [0.25, 0.3) is 0 Å². The molecule has 4 rings (SSSR count). The second-order valence-electron chi connectivity index (χ2n) is 7.80. The summed E-state index contributed by atoms with van der Waals surface area (Å²) in [6.45, 7) is 3.88. The van der Waals surface area contributed by atoms with Crippen LogP contribution in [-0.4, -0.2) is 30.1 Å². The summed E-state index contributed by atoms with van der Waals surface area (Å²) >= 11 is 0. The number of piperidine rings is 1. The van der Waals surface area contributed by atoms with Gasteiger partial charge in [0.2, 0.25) is 0 Å². The zero-order valence-corrected chi connectivity index (χ0v) is 16.3. The van der Waals surface area contributed by atoms with Crippen LogP contribution in [0, 0.1) is 11.6 Å². The summed E-state index contributed by atoms with van der Waals surface area (Å²) in [5.41, 5.74) is 3.22. The molecule has 2 aromatic rings. The van der Waals surface area contributed by atoms with E-state index in [9.17, 15) is 8.78 Å². The van der Waals surface area contributed by atoms with Crippen molar-refractivity contribution in [3.63, 3.8) is 0 Å². The lowest BCUT2D eigenvalue weighted by molar-refractivity contribution is 0.102. The molecule has 148 valence electrons. The highest BCUT2D eigenvalue weighted by atomic mass is 19.1. The van der Waals surface area contributed by atoms with Gasteiger partial charge < -0.3 is 4.74 Å². The third-order valence-electron chi connectivity index (χ3n) is 6.11. The van der Waals surface area contributed by atoms with Gasteiger partial charge in [-0.05, 0) is 67.6 Å². The fourth-order valence-corrected chi connectivity index (χ4v) is 4.75. The molecule has 0 unspecified atom stereocenters. The van der Waals surface area contributed by atoms with Crippen LogP contribution in [0.2, 0.25) is 0 Å². The van der Waals surface area contributed by atoms with Gasteiger partial charge in [-0.25, -0.2) is 8.78 Å². The predicted molar refractivity (Wildman–Crippen MR) is 107 cm³/mol. The van der Waals surface area contributed by atoms with Gasteiger partial charge in [-0.1, -0.05) is 42.8 Å². The molecule has 0 spiro atoms. The molecule has 2 heterocycles. The Balaban J connectivity index is 1.47. The summed E-state index contributed by atoms with van der Waals surface area (Å²) in [6.07, 6.45) is 6.73. The summed E-state index contributed by atoms with van der Waals surface area (Å²) in [4.78, 5) is 2.64. The van der Waals surface area contributed by atoms with E-state index in [0.29, 0.717) is 18.7 Å². The fourth-order valence-electron chi connectivity index (χ4n) is 4.75. The largest absolute Gasteiger partial charge is 0.365 e. The Morgan fingerprint density at radius 1 is 0.929 bits per heavy atom. The van der Waals surface area contributed by atoms with Crippen LogP contribution in [0.4, 0.5) is 8.78 Å². The van der Waals surface area contributed by atoms with E-state index >= 15 is 0 Å². The lowest BCUT2D eigenvalue weighted by Crippen LogP contribution is -2.40. The van der Waals surface area contributed by atoms with Crippen molar-refractivity contribution in [2.75, 3.05) is 13.2 Å². The minimum atomic E-state index is -0.342. The Labute approximate surface area is 165 Å². The fraction of sp³-hybridized carbons (Fsp3) is 0.417. The minimum absolute atomic E-state index is 0.276. The van der Waals surface area contributed by atoms with E-state index in [1.807, 2.05) is 0 Å². The van der Waals surface area contributed by atoms with Crippen LogP contribution in [0.1, 0.15) is 49.8 Å². The molecule has 0 radical (unpaired) electrons. The van der Waals surface area contributed by atoms with Gasteiger partial charge in [0.05, 0.1) is 6.61 Å². The van der Waals surface area contributed by atoms with Crippen LogP contribution in [-0.2, 0) is 4.74 Å². The first kappa shape index (κ1) is 19.3. The molecule has 0 amide bonds. The van der Waals surface area contributed by atoms with Crippen molar-refractivity contribution in [1.82, 2.24) is 4.90 Å². The lowest BCUT2D eigenvalue weighted by atomic mass is 9.96. The number of halogens is 2. The molecular weight excluding hydrogens is 356 g/mol. The smallest absolute Gasteiger partial charge is 0.123 e. The molecule has 2 atom stereocenters. The van der Waals surface area contributed by atoms with E-state index in [-0.39, 0.29) is 17.7 Å². The number of ether oxygens (including phenoxy) is 1. The Morgan fingerprint density at radius 2 is 1.43 bits per heavy atom. The first-order valence-corrected chi connectivity index (χ1v) is 10.2. The monoisotopic (exact) mass is 383 g/mol. The quantitative estimate of drug-likeness (QED) is 0.598. The van der Waals surface area contributed by atoms with E-state index in [2.05, 4.69) is 17.9 Å². The minimum Gasteiger partial charge on any atom is -0.365 e. The van der Waals surface area contributed by atoms with Gasteiger partial charge in [0.15, 0.2) is 0 Å². The van der Waals surface area contributed by atoms with Crippen LogP contribution in [0.15, 0.2) is 60.2 Å². The number of benzene rings is 2. The van der Waals surface area contributed by atoms with Crippen LogP contribution in [0.5, 0.6) is 0 Å². The molecule has 0 aromatic heterocycles. The molecule has 0 aliphatic carbocycles. The van der Waals surface area contributed by atoms with E-state index < -0.39 is 0 Å². The molecule has 2 saturated heterocycles. The summed E-state index contributed by atoms with van der Waals surface area (Å²) < 4.78 is 32.9. The number of rotatable bonds is 6. The van der Waals surface area contributed by atoms with Crippen molar-refractivity contribution >= 4 is 0 Å². The molecule has 2 aliphatic rings. The standard InChI is InChI=1S/C24H27F2NO/c1-2-27-22-11-12-23(27)16-17(15-22)13-14-28-24(18-3-7-20(25)8-4-18)19-5-9-21(26)10-6-19/h3-10,13,22-24H,2,11-12,14-16H2,1H3/t22-,23+. The highest BCUT2D eigenvalue weighted by molar-refractivity contribution is 5.30. The molecule has 2 aliphatic heterocycles. The highest BCUT2D eigenvalue weighted by Crippen LogP contribution is 2.38. The van der Waals surface area contributed by atoms with Gasteiger partial charge >= 0.3 is 0 Å². The third kappa shape index (κ3) is 4.18. The van der Waals surface area contributed by atoms with Crippen molar-refractivity contribution in [2.24, 2.45) is 0 Å². The Bertz CT molecular complexity index is 754. The second kappa shape index (κ2) is 8.54. The van der Waals surface area contributed by atoms with Gasteiger partial charge in [0.25, 0.3) is 0 Å². The molecule has 0 N–H and O–H groups in total. The van der Waals surface area contributed by atoms with Crippen molar-refractivity contribution in [3.8, 4) is 0 Å². The lowest BCUT2D eigenvalue weighted by Gasteiger charge is -2.35. The molecule has 2 bridgehead atoms. The average molecular weight is 383 g/mol. The topological polar surface area (TPSA) is 12.5 Å². The molecule has 2 fully saturated rings. The summed E-state index contributed by atoms with van der Waals surface area (Å²) in [6, 6.07) is 14.0. The van der Waals surface area contributed by atoms with Crippen LogP contribution in [0.3, 0.4) is 0 Å². The Hall–Kier alpha value is -2.04. The molecular formula is C24H27F2NO. The second-order valence-corrected chi connectivity index (χ2v) is 7.80. The van der Waals surface area contributed by atoms with Gasteiger partial charge in [-0.3, -0.25) is 4.90 Å². The van der Waals surface area contributed by atoms with Crippen molar-refractivity contribution in [1.29, 1.82) is 0 Å². The number of hydrogen-bond acceptors (Lipinski definition) is 2. The summed E-state index contributed by atoms with van der Waals surface area (Å²) in [5.74, 6) is -0.552. The first-order valence-electron chi connectivity index (χ1n) is 10.2. The number of nitrogens with zero attached hydrogens (tertiary/aromatic N) is 1. The zero-order chi connectivity index (χ0) is 19.5. The Morgan fingerprint density at radius 3 is 1.89 bits per heavy atom. The van der Waals surface area contributed by atoms with E-state index in [4.69, 9.17) is 4.74 Å². The maximum Gasteiger partial charge on any atom is 0.123 e. The maximum absolute atomic E-state index is 13.3. The number of fused-ring (bicyclic) bond motifs is 2. The van der Waals surface area contributed by atoms with E-state index in [1.165, 1.54) is 42.7 Å². The van der Waals surface area contributed by atoms with Gasteiger partial charge in [0, 0.05) is 12.1 Å². The SMILES string of the molecule is CCN1[C@@H]2CC[C@H]1CC(=CCOC(c1ccc(F)cc1)c1ccc(F)cc1)C2. The van der Waals surface area contributed by atoms with Gasteiger partial charge in [-0.2, -0.15) is 0 Å². The summed E-state index contributed by atoms with van der Waals surface area (Å²) in [5, 5.41) is 0. The molecule has 2 nitrogen and oxygen atoms in total. The molecule has 0 saturated carbocycles. The third-order valence-corrected chi connectivity index (χ3v) is 6.11. The van der Waals surface area contributed by atoms with Crippen molar-refractivity contribution in [2.45, 2.75) is 50.8 Å². The predicted octanol–water partition coefficient (Wildman–Crippen LogP) is 5.64. The number of hydrogen-bond donors (Lipinski definition) is 0. The molecule has 4 heteroatoms. The molecule has 2 aromatic carbocycles. The zero-order valence-electron chi connectivity index (χ0n) is 16.3. The van der Waals surface area contributed by atoms with Crippen LogP contribution < -0.4 is 0 Å². The molecule has 28 heavy (non-hydrogen) atoms. The van der Waals surface area contributed by atoms with E-state index in [0.717, 1.165) is 30.5 Å². The van der Waals surface area contributed by atoms with Gasteiger partial charge in [-0.15, -0.1) is 0 Å². The van der Waals surface area contributed by atoms with Crippen LogP contribution >= 0.6 is 0 Å². The summed E-state index contributed by atoms with van der Waals surface area (Å²) in [7, 11) is 0. The van der Waals surface area contributed by atoms with Crippen molar-refractivity contribution in [3.05, 3.63) is 82.9 Å². The normalized spacial score (nSPS) is 23.6. The van der Waals surface area contributed by atoms with E-state index in [1.54, 1.807) is 24.3 Å². The van der Waals surface area contributed by atoms with Crippen molar-refractivity contribution < 1.29 is 13.5 Å². The highest BCUT2D eigenvalue weighted by Gasteiger charge is 2.37. The Kier molecular flexibility index (Phi) is 5.88. The first-order chi connectivity index (χ1) is 13.6. The maximum atomic E-state index is 13.3. The average Bonchev–Trinajstić information content (AvgIpc) is 2.96. The van der Waals surface area contributed by atoms with Gasteiger partial charge in [0.1, 0.15) is 17.7 Å².